The van der Waals surface area contributed by atoms with E-state index >= 15 is 0 Å². The number of allylic oxidation sites excluding steroid dienone is 3. The van der Waals surface area contributed by atoms with Crippen molar-refractivity contribution in [2.24, 2.45) is 5.92 Å². The van der Waals surface area contributed by atoms with Gasteiger partial charge in [-0.05, 0) is 49.1 Å². The number of carbonyl (C=O) groups excluding carboxylic acids is 1. The topological polar surface area (TPSA) is 38.3 Å². The van der Waals surface area contributed by atoms with Gasteiger partial charge >= 0.3 is 0 Å². The number of unbranched alkanes of at least 4 members (excludes halogenated alkanes) is 4. The Morgan fingerprint density at radius 2 is 1.79 bits per heavy atom. The lowest BCUT2D eigenvalue weighted by Crippen LogP contribution is -2.25. The minimum atomic E-state index is -0.00737. The summed E-state index contributed by atoms with van der Waals surface area (Å²) in [4.78, 5) is 11.7. The van der Waals surface area contributed by atoms with Crippen LogP contribution in [0.2, 0.25) is 0 Å². The summed E-state index contributed by atoms with van der Waals surface area (Å²) in [5.41, 5.74) is 0.995. The predicted molar refractivity (Wildman–Crippen MR) is 123 cm³/mol. The molecule has 0 aliphatic heterocycles. The first-order valence-electron chi connectivity index (χ1n) is 10.8. The monoisotopic (exact) mass is 393 g/mol. The highest BCUT2D eigenvalue weighted by atomic mass is 16.5. The van der Waals surface area contributed by atoms with Crippen molar-refractivity contribution in [2.75, 3.05) is 13.2 Å². The summed E-state index contributed by atoms with van der Waals surface area (Å²) >= 11 is 0. The van der Waals surface area contributed by atoms with Gasteiger partial charge in [0.2, 0.25) is 5.91 Å². The molecule has 29 heavy (non-hydrogen) atoms. The molecule has 0 aliphatic carbocycles. The lowest BCUT2D eigenvalue weighted by atomic mass is 10.1. The molecule has 0 aliphatic rings. The number of rotatable bonds is 12. The minimum absolute atomic E-state index is 0.00737. The van der Waals surface area contributed by atoms with Gasteiger partial charge in [-0.15, -0.1) is 0 Å². The summed E-state index contributed by atoms with van der Waals surface area (Å²) < 4.78 is 5.99. The van der Waals surface area contributed by atoms with E-state index in [4.69, 9.17) is 4.74 Å². The second-order valence-corrected chi connectivity index (χ2v) is 7.96. The van der Waals surface area contributed by atoms with Crippen LogP contribution in [0.1, 0.15) is 52.9 Å². The first kappa shape index (κ1) is 22.7. The second-order valence-electron chi connectivity index (χ2n) is 7.96. The maximum absolute atomic E-state index is 11.7. The third-order valence-electron chi connectivity index (χ3n) is 4.70. The number of ether oxygens (including phenoxy) is 1. The molecule has 2 aromatic rings. The van der Waals surface area contributed by atoms with Gasteiger partial charge in [0, 0.05) is 18.0 Å². The van der Waals surface area contributed by atoms with Crippen LogP contribution in [0.15, 0.2) is 66.3 Å². The van der Waals surface area contributed by atoms with Gasteiger partial charge in [-0.3, -0.25) is 4.79 Å². The molecule has 0 atom stereocenters. The highest BCUT2D eigenvalue weighted by Gasteiger charge is 2.01. The maximum Gasteiger partial charge on any atom is 0.244 e. The normalized spacial score (nSPS) is 12.1. The van der Waals surface area contributed by atoms with Crippen molar-refractivity contribution >= 4 is 16.7 Å². The molecule has 0 saturated heterocycles. The zero-order chi connectivity index (χ0) is 20.9. The third kappa shape index (κ3) is 8.99. The molecule has 0 fully saturated rings. The van der Waals surface area contributed by atoms with E-state index in [1.807, 2.05) is 25.1 Å². The number of carbonyl (C=O) groups is 1. The Morgan fingerprint density at radius 3 is 2.62 bits per heavy atom. The van der Waals surface area contributed by atoms with E-state index in [0.29, 0.717) is 5.92 Å². The maximum atomic E-state index is 11.7. The fourth-order valence-electron chi connectivity index (χ4n) is 3.10. The van der Waals surface area contributed by atoms with Crippen LogP contribution < -0.4 is 10.1 Å². The summed E-state index contributed by atoms with van der Waals surface area (Å²) in [5.74, 6) is 1.44. The van der Waals surface area contributed by atoms with E-state index in [1.54, 1.807) is 6.08 Å². The fraction of sp³-hybridized carbons (Fsp3) is 0.423. The zero-order valence-corrected chi connectivity index (χ0v) is 18.1. The van der Waals surface area contributed by atoms with Crippen LogP contribution in [0.3, 0.4) is 0 Å². The van der Waals surface area contributed by atoms with Gasteiger partial charge in [-0.1, -0.05) is 75.2 Å². The fourth-order valence-corrected chi connectivity index (χ4v) is 3.10. The molecule has 1 amide bonds. The van der Waals surface area contributed by atoms with Gasteiger partial charge in [-0.25, -0.2) is 0 Å². The summed E-state index contributed by atoms with van der Waals surface area (Å²) in [5, 5.41) is 5.31. The second kappa shape index (κ2) is 12.8. The van der Waals surface area contributed by atoms with Gasteiger partial charge < -0.3 is 10.1 Å². The molecule has 0 aromatic heterocycles. The molecule has 1 N–H and O–H groups in total. The summed E-state index contributed by atoms with van der Waals surface area (Å²) in [7, 11) is 0. The molecule has 156 valence electrons. The molecular weight excluding hydrogens is 358 g/mol. The SMILES string of the molecule is CC(C=CCCCCCCOc1cccc2ccccc12)=CC(=O)NCC(C)C. The van der Waals surface area contributed by atoms with Crippen molar-refractivity contribution in [3.63, 3.8) is 0 Å². The van der Waals surface area contributed by atoms with Crippen molar-refractivity contribution in [3.8, 4) is 5.75 Å². The molecular formula is C26H35NO2. The van der Waals surface area contributed by atoms with Crippen LogP contribution in [0.4, 0.5) is 0 Å². The Morgan fingerprint density at radius 1 is 1.03 bits per heavy atom. The number of hydrogen-bond donors (Lipinski definition) is 1. The van der Waals surface area contributed by atoms with Crippen LogP contribution in [0.25, 0.3) is 10.8 Å². The van der Waals surface area contributed by atoms with Crippen LogP contribution in [0, 0.1) is 5.92 Å². The van der Waals surface area contributed by atoms with Crippen molar-refractivity contribution < 1.29 is 9.53 Å². The average molecular weight is 394 g/mol. The van der Waals surface area contributed by atoms with Crippen LogP contribution in [-0.2, 0) is 4.79 Å². The van der Waals surface area contributed by atoms with Crippen LogP contribution in [-0.4, -0.2) is 19.1 Å². The van der Waals surface area contributed by atoms with E-state index in [1.165, 1.54) is 23.6 Å². The van der Waals surface area contributed by atoms with Gasteiger partial charge in [0.1, 0.15) is 5.75 Å². The van der Waals surface area contributed by atoms with Crippen LogP contribution in [0.5, 0.6) is 5.75 Å². The van der Waals surface area contributed by atoms with E-state index in [2.05, 4.69) is 55.6 Å². The molecule has 0 unspecified atom stereocenters. The lowest BCUT2D eigenvalue weighted by Gasteiger charge is -2.09. The minimum Gasteiger partial charge on any atom is -0.493 e. The Balaban J connectivity index is 1.57. The number of fused-ring (bicyclic) bond motifs is 1. The third-order valence-corrected chi connectivity index (χ3v) is 4.70. The van der Waals surface area contributed by atoms with Gasteiger partial charge in [0.15, 0.2) is 0 Å². The lowest BCUT2D eigenvalue weighted by molar-refractivity contribution is -0.116. The Kier molecular flexibility index (Phi) is 10.1. The predicted octanol–water partition coefficient (Wildman–Crippen LogP) is 6.44. The van der Waals surface area contributed by atoms with E-state index < -0.39 is 0 Å². The Labute approximate surface area is 175 Å². The smallest absolute Gasteiger partial charge is 0.244 e. The zero-order valence-electron chi connectivity index (χ0n) is 18.1. The summed E-state index contributed by atoms with van der Waals surface area (Å²) in [6.07, 6.45) is 11.5. The highest BCUT2D eigenvalue weighted by molar-refractivity contribution is 5.88. The molecule has 2 aromatic carbocycles. The van der Waals surface area contributed by atoms with Crippen molar-refractivity contribution in [3.05, 3.63) is 66.3 Å². The molecule has 0 radical (unpaired) electrons. The van der Waals surface area contributed by atoms with E-state index in [-0.39, 0.29) is 5.91 Å². The molecule has 0 saturated carbocycles. The van der Waals surface area contributed by atoms with Gasteiger partial charge in [-0.2, -0.15) is 0 Å². The van der Waals surface area contributed by atoms with E-state index in [0.717, 1.165) is 43.7 Å². The van der Waals surface area contributed by atoms with Gasteiger partial charge in [0.05, 0.1) is 6.61 Å². The molecule has 2 rings (SSSR count). The first-order chi connectivity index (χ1) is 14.1. The largest absolute Gasteiger partial charge is 0.493 e. The first-order valence-corrected chi connectivity index (χ1v) is 10.8. The van der Waals surface area contributed by atoms with Crippen LogP contribution >= 0.6 is 0 Å². The Hall–Kier alpha value is -2.55. The molecule has 3 heteroatoms. The number of amides is 1. The van der Waals surface area contributed by atoms with Crippen molar-refractivity contribution in [1.29, 1.82) is 0 Å². The molecule has 0 heterocycles. The molecule has 3 nitrogen and oxygen atoms in total. The van der Waals surface area contributed by atoms with Crippen molar-refractivity contribution in [1.82, 2.24) is 5.32 Å². The van der Waals surface area contributed by atoms with Crippen molar-refractivity contribution in [2.45, 2.75) is 52.9 Å². The number of hydrogen-bond acceptors (Lipinski definition) is 2. The van der Waals surface area contributed by atoms with Gasteiger partial charge in [0.25, 0.3) is 0 Å². The molecule has 0 bridgehead atoms. The number of benzene rings is 2. The highest BCUT2D eigenvalue weighted by Crippen LogP contribution is 2.25. The average Bonchev–Trinajstić information content (AvgIpc) is 2.71. The summed E-state index contributed by atoms with van der Waals surface area (Å²) in [6.45, 7) is 7.63. The molecule has 0 spiro atoms. The van der Waals surface area contributed by atoms with E-state index in [9.17, 15) is 4.79 Å². The summed E-state index contributed by atoms with van der Waals surface area (Å²) in [6, 6.07) is 14.6. The standard InChI is InChI=1S/C26H35NO2/c1-21(2)20-27-26(28)19-22(3)13-8-6-4-5-7-11-18-29-25-17-12-15-23-14-9-10-16-24(23)25/h8-10,12-17,19,21H,4-7,11,18,20H2,1-3H3,(H,27,28). The number of nitrogens with one attached hydrogen (secondary N) is 1. The Bertz CT molecular complexity index is 815. The quantitative estimate of drug-likeness (QED) is 0.256.